The van der Waals surface area contributed by atoms with Gasteiger partial charge in [-0.2, -0.15) is 13.2 Å². The van der Waals surface area contributed by atoms with Crippen molar-refractivity contribution in [1.82, 2.24) is 9.88 Å². The molecule has 126 valence electrons. The first-order valence-corrected chi connectivity index (χ1v) is 8.43. The van der Waals surface area contributed by atoms with Crippen LogP contribution in [0.25, 0.3) is 10.9 Å². The van der Waals surface area contributed by atoms with E-state index in [0.29, 0.717) is 22.2 Å². The lowest BCUT2D eigenvalue weighted by molar-refractivity contribution is -0.140. The summed E-state index contributed by atoms with van der Waals surface area (Å²) in [4.78, 5) is 0. The number of hydrogen-bond acceptors (Lipinski definition) is 3. The number of aromatic nitrogens is 1. The van der Waals surface area contributed by atoms with Gasteiger partial charge < -0.3 is 20.3 Å². The number of fused-ring (bicyclic) bond motifs is 1. The van der Waals surface area contributed by atoms with E-state index in [-0.39, 0.29) is 6.04 Å². The predicted molar refractivity (Wildman–Crippen MR) is 91.6 cm³/mol. The largest absolute Gasteiger partial charge is 0.406 e. The molecule has 0 saturated carbocycles. The van der Waals surface area contributed by atoms with Crippen LogP contribution in [0.15, 0.2) is 24.3 Å². The molecule has 1 aliphatic heterocycles. The predicted octanol–water partition coefficient (Wildman–Crippen LogP) is 2.94. The van der Waals surface area contributed by atoms with Crippen LogP contribution in [0.1, 0.15) is 6.42 Å². The highest BCUT2D eigenvalue weighted by molar-refractivity contribution is 14.1. The van der Waals surface area contributed by atoms with Crippen molar-refractivity contribution in [3.05, 3.63) is 28.0 Å². The van der Waals surface area contributed by atoms with E-state index in [1.165, 1.54) is 4.57 Å². The van der Waals surface area contributed by atoms with Crippen molar-refractivity contribution in [3.63, 3.8) is 0 Å². The minimum atomic E-state index is -4.27. The van der Waals surface area contributed by atoms with Crippen LogP contribution in [0.3, 0.4) is 0 Å². The Balaban J connectivity index is 1.94. The molecule has 4 nitrogen and oxygen atoms in total. The molecule has 0 bridgehead atoms. The van der Waals surface area contributed by atoms with Crippen LogP contribution in [-0.2, 0) is 6.54 Å². The molecule has 0 radical (unpaired) electrons. The molecule has 0 aliphatic carbocycles. The summed E-state index contributed by atoms with van der Waals surface area (Å²) in [6, 6.07) is 6.84. The molecule has 1 aromatic heterocycles. The zero-order chi connectivity index (χ0) is 16.6. The molecule has 3 N–H and O–H groups in total. The fourth-order valence-electron chi connectivity index (χ4n) is 2.91. The molecule has 2 aromatic rings. The number of aliphatic hydroxyl groups excluding tert-OH is 1. The average molecular weight is 439 g/mol. The third kappa shape index (κ3) is 3.74. The Labute approximate surface area is 145 Å². The van der Waals surface area contributed by atoms with E-state index in [4.69, 9.17) is 0 Å². The minimum Gasteiger partial charge on any atom is -0.391 e. The van der Waals surface area contributed by atoms with Crippen molar-refractivity contribution >= 4 is 39.2 Å². The van der Waals surface area contributed by atoms with Crippen molar-refractivity contribution in [2.75, 3.05) is 18.4 Å². The summed E-state index contributed by atoms with van der Waals surface area (Å²) in [5, 5.41) is 17.3. The number of halogens is 4. The number of aliphatic hydroxyl groups is 1. The molecule has 2 heterocycles. The number of piperidine rings is 1. The maximum Gasteiger partial charge on any atom is 0.406 e. The number of nitrogens with one attached hydrogen (secondary N) is 2. The highest BCUT2D eigenvalue weighted by Crippen LogP contribution is 2.31. The van der Waals surface area contributed by atoms with Crippen LogP contribution >= 0.6 is 22.6 Å². The van der Waals surface area contributed by atoms with Gasteiger partial charge in [0, 0.05) is 17.6 Å². The lowest BCUT2D eigenvalue weighted by atomic mass is 10.0. The summed E-state index contributed by atoms with van der Waals surface area (Å²) >= 11 is 1.92. The standard InChI is InChI=1S/C15H17F3IN3O/c16-15(17,18)8-22-12-3-1-2-10(9(12)6-14(22)19)21-11-7-20-5-4-13(11)23/h1-3,6,11,13,20-21,23H,4-5,7-8H2/t11?,13-/m0/s1. The number of hydrogen-bond donors (Lipinski definition) is 3. The van der Waals surface area contributed by atoms with Gasteiger partial charge in [0.15, 0.2) is 0 Å². The number of nitrogens with zero attached hydrogens (tertiary/aromatic N) is 1. The van der Waals surface area contributed by atoms with Gasteiger partial charge >= 0.3 is 6.18 Å². The lowest BCUT2D eigenvalue weighted by Crippen LogP contribution is -2.48. The van der Waals surface area contributed by atoms with Crippen LogP contribution in [-0.4, -0.2) is 41.1 Å². The maximum atomic E-state index is 12.8. The van der Waals surface area contributed by atoms with Crippen LogP contribution in [0, 0.1) is 3.70 Å². The Bertz CT molecular complexity index is 701. The van der Waals surface area contributed by atoms with E-state index < -0.39 is 18.8 Å². The summed E-state index contributed by atoms with van der Waals surface area (Å²) in [5.74, 6) is 0. The molecule has 1 aliphatic rings. The number of anilines is 1. The van der Waals surface area contributed by atoms with E-state index in [0.717, 1.165) is 17.6 Å². The second-order valence-electron chi connectivity index (χ2n) is 5.72. The van der Waals surface area contributed by atoms with Gasteiger partial charge in [-0.15, -0.1) is 0 Å². The molecule has 3 rings (SSSR count). The summed E-state index contributed by atoms with van der Waals surface area (Å²) in [6.07, 6.45) is -4.08. The van der Waals surface area contributed by atoms with Gasteiger partial charge in [0.05, 0.1) is 21.4 Å². The Morgan fingerprint density at radius 1 is 1.39 bits per heavy atom. The number of rotatable bonds is 3. The lowest BCUT2D eigenvalue weighted by Gasteiger charge is -2.30. The SMILES string of the molecule is O[C@H]1CCNCC1Nc1cccc2c1cc(I)n2CC(F)(F)F. The molecular formula is C15H17F3IN3O. The summed E-state index contributed by atoms with van der Waals surface area (Å²) in [7, 11) is 0. The maximum absolute atomic E-state index is 12.8. The van der Waals surface area contributed by atoms with Gasteiger partial charge in [0.2, 0.25) is 0 Å². The molecule has 1 fully saturated rings. The fourth-order valence-corrected chi connectivity index (χ4v) is 3.65. The molecule has 0 amide bonds. The van der Waals surface area contributed by atoms with Gasteiger partial charge in [-0.1, -0.05) is 6.07 Å². The van der Waals surface area contributed by atoms with E-state index in [9.17, 15) is 18.3 Å². The fraction of sp³-hybridized carbons (Fsp3) is 0.467. The highest BCUT2D eigenvalue weighted by Gasteiger charge is 2.30. The molecule has 1 unspecified atom stereocenters. The van der Waals surface area contributed by atoms with Crippen LogP contribution in [0.5, 0.6) is 0 Å². The first-order chi connectivity index (χ1) is 10.8. The third-order valence-corrected chi connectivity index (χ3v) is 4.91. The molecule has 23 heavy (non-hydrogen) atoms. The van der Waals surface area contributed by atoms with E-state index in [2.05, 4.69) is 10.6 Å². The number of alkyl halides is 3. The first-order valence-electron chi connectivity index (χ1n) is 7.35. The second-order valence-corrected chi connectivity index (χ2v) is 6.82. The molecule has 1 aromatic carbocycles. The van der Waals surface area contributed by atoms with E-state index in [1.807, 2.05) is 28.7 Å². The van der Waals surface area contributed by atoms with Gasteiger partial charge in [-0.05, 0) is 53.8 Å². The van der Waals surface area contributed by atoms with Crippen molar-refractivity contribution < 1.29 is 18.3 Å². The van der Waals surface area contributed by atoms with Crippen LogP contribution in [0.4, 0.5) is 18.9 Å². The smallest absolute Gasteiger partial charge is 0.391 e. The Kier molecular flexibility index (Phi) is 4.75. The monoisotopic (exact) mass is 439 g/mol. The quantitative estimate of drug-likeness (QED) is 0.645. The van der Waals surface area contributed by atoms with Gasteiger partial charge in [-0.3, -0.25) is 0 Å². The Hall–Kier alpha value is -1.00. The average Bonchev–Trinajstić information content (AvgIpc) is 2.77. The zero-order valence-corrected chi connectivity index (χ0v) is 14.4. The highest BCUT2D eigenvalue weighted by atomic mass is 127. The summed E-state index contributed by atoms with van der Waals surface area (Å²) < 4.78 is 40.1. The van der Waals surface area contributed by atoms with Crippen molar-refractivity contribution in [2.45, 2.75) is 31.3 Å². The summed E-state index contributed by atoms with van der Waals surface area (Å²) in [6.45, 7) is 0.382. The third-order valence-electron chi connectivity index (χ3n) is 4.02. The molecule has 8 heteroatoms. The Morgan fingerprint density at radius 3 is 2.87 bits per heavy atom. The molecular weight excluding hydrogens is 422 g/mol. The van der Waals surface area contributed by atoms with Crippen LogP contribution < -0.4 is 10.6 Å². The zero-order valence-electron chi connectivity index (χ0n) is 12.2. The number of benzene rings is 1. The van der Waals surface area contributed by atoms with Gasteiger partial charge in [0.25, 0.3) is 0 Å². The summed E-state index contributed by atoms with van der Waals surface area (Å²) in [5.41, 5.74) is 1.28. The van der Waals surface area contributed by atoms with E-state index in [1.54, 1.807) is 18.2 Å². The van der Waals surface area contributed by atoms with Gasteiger partial charge in [-0.25, -0.2) is 0 Å². The molecule has 0 spiro atoms. The Morgan fingerprint density at radius 2 is 2.17 bits per heavy atom. The minimum absolute atomic E-state index is 0.155. The molecule has 2 atom stereocenters. The van der Waals surface area contributed by atoms with Gasteiger partial charge in [0.1, 0.15) is 6.54 Å². The van der Waals surface area contributed by atoms with E-state index >= 15 is 0 Å². The van der Waals surface area contributed by atoms with Crippen LogP contribution in [0.2, 0.25) is 0 Å². The van der Waals surface area contributed by atoms with Crippen molar-refractivity contribution in [3.8, 4) is 0 Å². The van der Waals surface area contributed by atoms with Crippen molar-refractivity contribution in [1.29, 1.82) is 0 Å². The topological polar surface area (TPSA) is 49.2 Å². The molecule has 1 saturated heterocycles. The first kappa shape index (κ1) is 16.8. The second kappa shape index (κ2) is 6.48. The normalized spacial score (nSPS) is 22.5. The van der Waals surface area contributed by atoms with Crippen molar-refractivity contribution in [2.24, 2.45) is 0 Å².